The maximum Gasteiger partial charge on any atom is 0.408 e. The first-order valence-electron chi connectivity index (χ1n) is 19.7. The lowest BCUT2D eigenvalue weighted by Crippen LogP contribution is -2.60. The van der Waals surface area contributed by atoms with E-state index in [-0.39, 0.29) is 44.3 Å². The van der Waals surface area contributed by atoms with Gasteiger partial charge in [0.1, 0.15) is 23.2 Å². The normalized spacial score (nSPS) is 28.5. The van der Waals surface area contributed by atoms with Gasteiger partial charge in [0.2, 0.25) is 21.8 Å². The molecule has 306 valence electrons. The highest BCUT2D eigenvalue weighted by atomic mass is 32.2. The van der Waals surface area contributed by atoms with Crippen LogP contribution in [0.3, 0.4) is 0 Å². The fourth-order valence-corrected chi connectivity index (χ4v) is 9.74. The standard InChI is InChI=1S/C41H49F2N5O8S/c1-40(2,3)56-39(53)44-33-13-8-6-4-5-7-12-28-20-41(28,38(52)46-57(54,55)29-15-16-29)45-35(49)34-30-23-47(21-27(30)22-48(34)37(33)51)36(50)26-11-9-10-24(18-26)25-14-17-31(42)32(43)19-25/h7,9-12,14,17-19,27-30,33-34H,4-6,8,13,15-16,20-23H2,1-3H3,(H,44,53)(H,45,49)(H,46,52)/b12-7-/t27-,28-,30-,33-,34-,41+/m0/s1. The number of hydrogen-bond donors (Lipinski definition) is 3. The Labute approximate surface area is 331 Å². The van der Waals surface area contributed by atoms with Crippen LogP contribution in [0.5, 0.6) is 0 Å². The van der Waals surface area contributed by atoms with Crippen LogP contribution in [0.4, 0.5) is 13.6 Å². The molecule has 7 rings (SSSR count). The molecule has 0 aromatic heterocycles. The van der Waals surface area contributed by atoms with E-state index in [2.05, 4.69) is 15.4 Å². The predicted octanol–water partition coefficient (Wildman–Crippen LogP) is 4.43. The van der Waals surface area contributed by atoms with E-state index in [4.69, 9.17) is 4.74 Å². The fourth-order valence-electron chi connectivity index (χ4n) is 8.38. The van der Waals surface area contributed by atoms with Crippen LogP contribution < -0.4 is 15.4 Å². The number of carbonyl (C=O) groups is 5. The zero-order valence-electron chi connectivity index (χ0n) is 32.3. The molecule has 0 spiro atoms. The van der Waals surface area contributed by atoms with Gasteiger partial charge in [-0.2, -0.15) is 0 Å². The highest BCUT2D eigenvalue weighted by Crippen LogP contribution is 2.47. The second-order valence-electron chi connectivity index (χ2n) is 17.0. The lowest BCUT2D eigenvalue weighted by molar-refractivity contribution is -0.142. The van der Waals surface area contributed by atoms with Gasteiger partial charge in [0.05, 0.1) is 5.25 Å². The van der Waals surface area contributed by atoms with Gasteiger partial charge in [0.25, 0.3) is 11.8 Å². The number of ether oxygens (including phenoxy) is 1. The van der Waals surface area contributed by atoms with Gasteiger partial charge in [-0.25, -0.2) is 22.0 Å². The molecule has 4 fully saturated rings. The van der Waals surface area contributed by atoms with Gasteiger partial charge < -0.3 is 25.2 Å². The Morgan fingerprint density at radius 2 is 1.68 bits per heavy atom. The van der Waals surface area contributed by atoms with Gasteiger partial charge in [-0.3, -0.25) is 23.9 Å². The summed E-state index contributed by atoms with van der Waals surface area (Å²) in [5.41, 5.74) is -1.22. The molecule has 2 saturated carbocycles. The molecule has 57 heavy (non-hydrogen) atoms. The maximum atomic E-state index is 14.7. The van der Waals surface area contributed by atoms with Crippen LogP contribution >= 0.6 is 0 Å². The van der Waals surface area contributed by atoms with Crippen molar-refractivity contribution in [3.63, 3.8) is 0 Å². The van der Waals surface area contributed by atoms with Gasteiger partial charge in [-0.15, -0.1) is 0 Å². The van der Waals surface area contributed by atoms with E-state index >= 15 is 0 Å². The van der Waals surface area contributed by atoms with E-state index in [1.165, 1.54) is 11.0 Å². The fraction of sp³-hybridized carbons (Fsp3) is 0.537. The Balaban J connectivity index is 1.18. The summed E-state index contributed by atoms with van der Waals surface area (Å²) < 4.78 is 61.2. The van der Waals surface area contributed by atoms with Gasteiger partial charge in [0.15, 0.2) is 11.6 Å². The first-order valence-corrected chi connectivity index (χ1v) is 21.2. The molecule has 0 radical (unpaired) electrons. The summed E-state index contributed by atoms with van der Waals surface area (Å²) >= 11 is 0. The largest absolute Gasteiger partial charge is 0.444 e. The first kappa shape index (κ1) is 40.3. The molecule has 6 atom stereocenters. The highest BCUT2D eigenvalue weighted by molar-refractivity contribution is 7.91. The molecule has 3 aliphatic heterocycles. The number of amides is 5. The highest BCUT2D eigenvalue weighted by Gasteiger charge is 2.63. The number of hydrogen-bond acceptors (Lipinski definition) is 8. The van der Waals surface area contributed by atoms with Gasteiger partial charge in [-0.1, -0.05) is 43.2 Å². The zero-order chi connectivity index (χ0) is 40.9. The molecule has 5 amide bonds. The number of nitrogens with zero attached hydrogens (tertiary/aromatic N) is 2. The summed E-state index contributed by atoms with van der Waals surface area (Å²) in [6.45, 7) is 5.46. The molecule has 2 aromatic carbocycles. The molecule has 0 bridgehead atoms. The number of rotatable bonds is 6. The Morgan fingerprint density at radius 3 is 2.40 bits per heavy atom. The molecule has 16 heteroatoms. The van der Waals surface area contributed by atoms with Gasteiger partial charge in [-0.05, 0) is 94.7 Å². The van der Waals surface area contributed by atoms with E-state index in [1.54, 1.807) is 49.9 Å². The Kier molecular flexibility index (Phi) is 11.0. The smallest absolute Gasteiger partial charge is 0.408 e. The molecule has 2 aliphatic carbocycles. The summed E-state index contributed by atoms with van der Waals surface area (Å²) in [6, 6.07) is 7.80. The van der Waals surface area contributed by atoms with Crippen molar-refractivity contribution in [1.82, 2.24) is 25.2 Å². The van der Waals surface area contributed by atoms with Crippen molar-refractivity contribution < 1.29 is 45.9 Å². The van der Waals surface area contributed by atoms with Crippen molar-refractivity contribution in [2.45, 2.75) is 101 Å². The van der Waals surface area contributed by atoms with Crippen LogP contribution in [-0.2, 0) is 29.1 Å². The second-order valence-corrected chi connectivity index (χ2v) is 19.0. The van der Waals surface area contributed by atoms with E-state index < -0.39 is 85.8 Å². The van der Waals surface area contributed by atoms with Crippen molar-refractivity contribution in [2.75, 3.05) is 19.6 Å². The maximum absolute atomic E-state index is 14.7. The van der Waals surface area contributed by atoms with E-state index in [9.17, 15) is 41.2 Å². The Hall–Kier alpha value is -4.86. The van der Waals surface area contributed by atoms with Crippen LogP contribution in [-0.4, -0.2) is 96.0 Å². The number of sulfonamides is 1. The molecule has 2 aromatic rings. The lowest BCUT2D eigenvalue weighted by atomic mass is 9.93. The summed E-state index contributed by atoms with van der Waals surface area (Å²) in [5.74, 6) is -5.78. The predicted molar refractivity (Wildman–Crippen MR) is 205 cm³/mol. The van der Waals surface area contributed by atoms with Crippen LogP contribution in [0.15, 0.2) is 54.6 Å². The molecule has 5 aliphatic rings. The number of nitrogens with one attached hydrogen (secondary N) is 3. The number of alkyl carbamates (subject to hydrolysis) is 1. The Bertz CT molecular complexity index is 2100. The molecular formula is C41H49F2N5O8S. The number of likely N-dealkylation sites (tertiary alicyclic amines) is 1. The van der Waals surface area contributed by atoms with Crippen molar-refractivity contribution in [3.8, 4) is 11.1 Å². The zero-order valence-corrected chi connectivity index (χ0v) is 33.1. The monoisotopic (exact) mass is 809 g/mol. The van der Waals surface area contributed by atoms with E-state index in [0.717, 1.165) is 25.0 Å². The topological polar surface area (TPSA) is 171 Å². The molecule has 2 saturated heterocycles. The van der Waals surface area contributed by atoms with Crippen LogP contribution in [0, 0.1) is 29.4 Å². The first-order chi connectivity index (χ1) is 27.0. The number of benzene rings is 2. The minimum absolute atomic E-state index is 0.0729. The summed E-state index contributed by atoms with van der Waals surface area (Å²) in [6.07, 6.45) is 7.06. The lowest BCUT2D eigenvalue weighted by Gasteiger charge is -2.33. The van der Waals surface area contributed by atoms with Gasteiger partial charge in [0, 0.05) is 43.0 Å². The van der Waals surface area contributed by atoms with E-state index in [0.29, 0.717) is 42.4 Å². The molecular weight excluding hydrogens is 761 g/mol. The Morgan fingerprint density at radius 1 is 0.930 bits per heavy atom. The summed E-state index contributed by atoms with van der Waals surface area (Å²) in [4.78, 5) is 73.1. The third-order valence-electron chi connectivity index (χ3n) is 11.6. The van der Waals surface area contributed by atoms with Crippen LogP contribution in [0.25, 0.3) is 11.1 Å². The molecule has 3 N–H and O–H groups in total. The average Bonchev–Trinajstić information content (AvgIpc) is 4.04. The number of carbonyl (C=O) groups excluding carboxylic acids is 5. The minimum Gasteiger partial charge on any atom is -0.444 e. The van der Waals surface area contributed by atoms with Gasteiger partial charge >= 0.3 is 6.09 Å². The van der Waals surface area contributed by atoms with Crippen molar-refractivity contribution in [3.05, 3.63) is 71.8 Å². The average molecular weight is 810 g/mol. The van der Waals surface area contributed by atoms with Crippen molar-refractivity contribution in [2.24, 2.45) is 17.8 Å². The van der Waals surface area contributed by atoms with Crippen molar-refractivity contribution in [1.29, 1.82) is 0 Å². The molecule has 0 unspecified atom stereocenters. The van der Waals surface area contributed by atoms with Crippen LogP contribution in [0.2, 0.25) is 0 Å². The van der Waals surface area contributed by atoms with Crippen LogP contribution in [0.1, 0.15) is 82.5 Å². The number of allylic oxidation sites excluding steroid dienone is 1. The third kappa shape index (κ3) is 8.70. The third-order valence-corrected chi connectivity index (χ3v) is 13.4. The number of halogens is 2. The second kappa shape index (κ2) is 15.5. The SMILES string of the molecule is CC(C)(C)OC(=O)N[C@H]1CCCCC/C=C\[C@H]2C[C@@]2(C(=O)NS(=O)(=O)C2CC2)NC(=O)[C@@H]2[C@H]3CN(C(=O)c4cccc(-c5ccc(F)c(F)c5)c4)C[C@H]3CN2C1=O. The van der Waals surface area contributed by atoms with Crippen molar-refractivity contribution >= 4 is 39.7 Å². The quantitative estimate of drug-likeness (QED) is 0.360. The molecule has 3 heterocycles. The summed E-state index contributed by atoms with van der Waals surface area (Å²) in [7, 11) is -3.94. The number of fused-ring (bicyclic) bond motifs is 4. The summed E-state index contributed by atoms with van der Waals surface area (Å²) in [5, 5.41) is 4.95. The molecule has 13 nitrogen and oxygen atoms in total. The van der Waals surface area contributed by atoms with E-state index in [1.807, 2.05) is 12.2 Å². The minimum atomic E-state index is -3.94.